The van der Waals surface area contributed by atoms with Gasteiger partial charge in [0.25, 0.3) is 0 Å². The second-order valence-corrected chi connectivity index (χ2v) is 4.59. The molecule has 2 nitrogen and oxygen atoms in total. The third kappa shape index (κ3) is 2.44. The fourth-order valence-electron chi connectivity index (χ4n) is 1.13. The number of hydrogen-bond donors (Lipinski definition) is 1. The molecule has 76 valence electrons. The second-order valence-electron chi connectivity index (χ2n) is 3.42. The summed E-state index contributed by atoms with van der Waals surface area (Å²) in [6, 6.07) is 1.60. The van der Waals surface area contributed by atoms with E-state index >= 15 is 0 Å². The highest BCUT2D eigenvalue weighted by atomic mass is 35.5. The van der Waals surface area contributed by atoms with Gasteiger partial charge in [-0.15, -0.1) is 0 Å². The van der Waals surface area contributed by atoms with Crippen molar-refractivity contribution in [3.63, 3.8) is 0 Å². The fourth-order valence-corrected chi connectivity index (χ4v) is 1.70. The summed E-state index contributed by atoms with van der Waals surface area (Å²) in [6.07, 6.45) is 2.57. The van der Waals surface area contributed by atoms with Crippen molar-refractivity contribution in [2.75, 3.05) is 11.9 Å². The molecule has 0 aromatic carbocycles. The zero-order chi connectivity index (χ0) is 10.1. The van der Waals surface area contributed by atoms with Gasteiger partial charge in [0, 0.05) is 6.54 Å². The lowest BCUT2D eigenvalue weighted by atomic mass is 10.4. The maximum Gasteiger partial charge on any atom is 0.150 e. The molecular weight excluding hydrogens is 242 g/mol. The van der Waals surface area contributed by atoms with E-state index in [-0.39, 0.29) is 5.15 Å². The molecular formula is C9H9Cl3N2. The van der Waals surface area contributed by atoms with Gasteiger partial charge < -0.3 is 5.32 Å². The largest absolute Gasteiger partial charge is 0.369 e. The molecule has 1 aliphatic rings. The lowest BCUT2D eigenvalue weighted by molar-refractivity contribution is 0.883. The van der Waals surface area contributed by atoms with Crippen molar-refractivity contribution in [3.8, 4) is 0 Å². The lowest BCUT2D eigenvalue weighted by Crippen LogP contribution is -2.05. The molecule has 1 heterocycles. The Labute approximate surface area is 97.6 Å². The summed E-state index contributed by atoms with van der Waals surface area (Å²) in [7, 11) is 0. The van der Waals surface area contributed by atoms with E-state index in [0.29, 0.717) is 15.9 Å². The topological polar surface area (TPSA) is 24.9 Å². The van der Waals surface area contributed by atoms with Crippen molar-refractivity contribution < 1.29 is 0 Å². The van der Waals surface area contributed by atoms with Crippen LogP contribution in [0.3, 0.4) is 0 Å². The van der Waals surface area contributed by atoms with E-state index in [9.17, 15) is 0 Å². The Kier molecular flexibility index (Phi) is 3.05. The van der Waals surface area contributed by atoms with Crippen molar-refractivity contribution in [3.05, 3.63) is 21.3 Å². The Hall–Kier alpha value is -0.180. The van der Waals surface area contributed by atoms with Crippen LogP contribution in [0.2, 0.25) is 15.2 Å². The van der Waals surface area contributed by atoms with Crippen LogP contribution in [0, 0.1) is 5.92 Å². The summed E-state index contributed by atoms with van der Waals surface area (Å²) < 4.78 is 0. The highest BCUT2D eigenvalue weighted by molar-refractivity contribution is 6.42. The average Bonchev–Trinajstić information content (AvgIpc) is 2.92. The van der Waals surface area contributed by atoms with Crippen molar-refractivity contribution in [2.24, 2.45) is 5.92 Å². The van der Waals surface area contributed by atoms with Crippen molar-refractivity contribution in [1.82, 2.24) is 4.98 Å². The van der Waals surface area contributed by atoms with E-state index in [4.69, 9.17) is 34.8 Å². The Morgan fingerprint density at radius 3 is 2.64 bits per heavy atom. The molecule has 1 aromatic heterocycles. The van der Waals surface area contributed by atoms with E-state index in [1.54, 1.807) is 6.07 Å². The number of rotatable bonds is 3. The molecule has 1 fully saturated rings. The highest BCUT2D eigenvalue weighted by Crippen LogP contribution is 2.32. The molecule has 0 amide bonds. The quantitative estimate of drug-likeness (QED) is 0.825. The van der Waals surface area contributed by atoms with Gasteiger partial charge in [0.05, 0.1) is 10.0 Å². The van der Waals surface area contributed by atoms with Crippen LogP contribution in [0.1, 0.15) is 12.8 Å². The fraction of sp³-hybridized carbons (Fsp3) is 0.444. The van der Waals surface area contributed by atoms with Crippen LogP contribution in [0.15, 0.2) is 6.07 Å². The summed E-state index contributed by atoms with van der Waals surface area (Å²) in [5.41, 5.74) is 0. The van der Waals surface area contributed by atoms with E-state index in [1.165, 1.54) is 12.8 Å². The maximum absolute atomic E-state index is 5.94. The number of aromatic nitrogens is 1. The average molecular weight is 252 g/mol. The van der Waals surface area contributed by atoms with Gasteiger partial charge in [0.2, 0.25) is 0 Å². The molecule has 2 rings (SSSR count). The van der Waals surface area contributed by atoms with Crippen LogP contribution in [0.25, 0.3) is 0 Å². The van der Waals surface area contributed by atoms with Crippen molar-refractivity contribution >= 4 is 40.6 Å². The van der Waals surface area contributed by atoms with Crippen molar-refractivity contribution in [1.29, 1.82) is 0 Å². The minimum Gasteiger partial charge on any atom is -0.369 e. The molecule has 1 aromatic rings. The van der Waals surface area contributed by atoms with Crippen LogP contribution in [0.5, 0.6) is 0 Å². The molecule has 0 saturated heterocycles. The van der Waals surface area contributed by atoms with E-state index < -0.39 is 0 Å². The standard InChI is InChI=1S/C9H9Cl3N2/c10-6-3-7(11)9(14-8(6)12)13-4-5-1-2-5/h3,5H,1-2,4H2,(H,13,14). The van der Waals surface area contributed by atoms with Crippen LogP contribution >= 0.6 is 34.8 Å². The van der Waals surface area contributed by atoms with Crippen LogP contribution < -0.4 is 5.32 Å². The highest BCUT2D eigenvalue weighted by Gasteiger charge is 2.21. The van der Waals surface area contributed by atoms with Gasteiger partial charge in [-0.3, -0.25) is 0 Å². The SMILES string of the molecule is Clc1cc(Cl)c(NCC2CC2)nc1Cl. The number of nitrogens with zero attached hydrogens (tertiary/aromatic N) is 1. The Morgan fingerprint density at radius 2 is 2.00 bits per heavy atom. The predicted molar refractivity (Wildman–Crippen MR) is 60.5 cm³/mol. The molecule has 0 spiro atoms. The van der Waals surface area contributed by atoms with Gasteiger partial charge in [0.15, 0.2) is 0 Å². The van der Waals surface area contributed by atoms with E-state index in [1.807, 2.05) is 0 Å². The number of anilines is 1. The van der Waals surface area contributed by atoms with Gasteiger partial charge in [-0.2, -0.15) is 0 Å². The summed E-state index contributed by atoms with van der Waals surface area (Å²) in [6.45, 7) is 0.907. The summed E-state index contributed by atoms with van der Waals surface area (Å²) in [5.74, 6) is 1.38. The number of halogens is 3. The molecule has 0 bridgehead atoms. The van der Waals surface area contributed by atoms with E-state index in [2.05, 4.69) is 10.3 Å². The minimum atomic E-state index is 0.286. The molecule has 5 heteroatoms. The van der Waals surface area contributed by atoms with Crippen LogP contribution in [-0.2, 0) is 0 Å². The van der Waals surface area contributed by atoms with Crippen LogP contribution in [-0.4, -0.2) is 11.5 Å². The summed E-state index contributed by atoms with van der Waals surface area (Å²) in [4.78, 5) is 4.06. The zero-order valence-corrected chi connectivity index (χ0v) is 9.62. The summed E-state index contributed by atoms with van der Waals surface area (Å²) in [5, 5.41) is 4.34. The first kappa shape index (κ1) is 10.3. The molecule has 0 radical (unpaired) electrons. The smallest absolute Gasteiger partial charge is 0.150 e. The Balaban J connectivity index is 2.10. The molecule has 0 unspecified atom stereocenters. The number of nitrogens with one attached hydrogen (secondary N) is 1. The molecule has 1 N–H and O–H groups in total. The number of hydrogen-bond acceptors (Lipinski definition) is 2. The van der Waals surface area contributed by atoms with Gasteiger partial charge in [-0.1, -0.05) is 34.8 Å². The monoisotopic (exact) mass is 250 g/mol. The number of pyridine rings is 1. The summed E-state index contributed by atoms with van der Waals surface area (Å²) >= 11 is 17.5. The first-order valence-corrected chi connectivity index (χ1v) is 5.55. The van der Waals surface area contributed by atoms with Crippen molar-refractivity contribution in [2.45, 2.75) is 12.8 Å². The zero-order valence-electron chi connectivity index (χ0n) is 7.36. The first-order chi connectivity index (χ1) is 6.66. The van der Waals surface area contributed by atoms with E-state index in [0.717, 1.165) is 12.5 Å². The van der Waals surface area contributed by atoms with Gasteiger partial charge in [-0.05, 0) is 24.8 Å². The first-order valence-electron chi connectivity index (χ1n) is 4.42. The van der Waals surface area contributed by atoms with Crippen LogP contribution in [0.4, 0.5) is 5.82 Å². The predicted octanol–water partition coefficient (Wildman–Crippen LogP) is 3.86. The molecule has 0 aliphatic heterocycles. The van der Waals surface area contributed by atoms with Gasteiger partial charge in [-0.25, -0.2) is 4.98 Å². The Bertz CT molecular complexity index is 350. The van der Waals surface area contributed by atoms with Gasteiger partial charge in [0.1, 0.15) is 11.0 Å². The minimum absolute atomic E-state index is 0.286. The Morgan fingerprint density at radius 1 is 1.29 bits per heavy atom. The third-order valence-corrected chi connectivity index (χ3v) is 3.10. The second kappa shape index (κ2) is 4.13. The normalized spacial score (nSPS) is 15.6. The molecule has 0 atom stereocenters. The maximum atomic E-state index is 5.94. The van der Waals surface area contributed by atoms with Gasteiger partial charge >= 0.3 is 0 Å². The lowest BCUT2D eigenvalue weighted by Gasteiger charge is -2.07. The third-order valence-electron chi connectivity index (χ3n) is 2.14. The molecule has 1 saturated carbocycles. The molecule has 1 aliphatic carbocycles. The molecule has 14 heavy (non-hydrogen) atoms.